The lowest BCUT2D eigenvalue weighted by Crippen LogP contribution is -2.34. The van der Waals surface area contributed by atoms with E-state index in [1.165, 1.54) is 0 Å². The van der Waals surface area contributed by atoms with Crippen LogP contribution < -0.4 is 0 Å². The lowest BCUT2D eigenvalue weighted by Gasteiger charge is -2.19. The van der Waals surface area contributed by atoms with Crippen molar-refractivity contribution in [1.29, 1.82) is 0 Å². The maximum Gasteiger partial charge on any atom is 0.244 e. The highest BCUT2D eigenvalue weighted by Crippen LogP contribution is 2.25. The van der Waals surface area contributed by atoms with Crippen LogP contribution in [-0.2, 0) is 22.4 Å². The molecule has 0 radical (unpaired) electrons. The zero-order valence-electron chi connectivity index (χ0n) is 12.9. The number of aromatic nitrogens is 1. The first kappa shape index (κ1) is 16.8. The van der Waals surface area contributed by atoms with E-state index >= 15 is 0 Å². The predicted octanol–water partition coefficient (Wildman–Crippen LogP) is 1.96. The molecule has 7 heteroatoms. The van der Waals surface area contributed by atoms with Crippen LogP contribution in [0.5, 0.6) is 0 Å². The Kier molecular flexibility index (Phi) is 5.35. The molecule has 1 aromatic rings. The van der Waals surface area contributed by atoms with Crippen LogP contribution in [0.3, 0.4) is 0 Å². The highest BCUT2D eigenvalue weighted by atomic mass is 35.5. The maximum absolute atomic E-state index is 12.7. The number of alkyl halides is 1. The highest BCUT2D eigenvalue weighted by Gasteiger charge is 2.34. The van der Waals surface area contributed by atoms with Crippen molar-refractivity contribution in [3.63, 3.8) is 0 Å². The molecule has 1 fully saturated rings. The predicted molar refractivity (Wildman–Crippen MR) is 85.1 cm³/mol. The highest BCUT2D eigenvalue weighted by molar-refractivity contribution is 7.89. The molecule has 0 amide bonds. The van der Waals surface area contributed by atoms with Gasteiger partial charge in [-0.2, -0.15) is 4.31 Å². The average molecular weight is 334 g/mol. The Morgan fingerprint density at radius 2 is 2.14 bits per heavy atom. The van der Waals surface area contributed by atoms with Gasteiger partial charge in [0.05, 0.1) is 5.88 Å². The quantitative estimate of drug-likeness (QED) is 0.748. The minimum atomic E-state index is -3.41. The summed E-state index contributed by atoms with van der Waals surface area (Å²) in [5.74, 6) is 0.329. The topological polar surface area (TPSA) is 45.6 Å². The number of nitrogens with zero attached hydrogens (tertiary/aromatic N) is 3. The first-order valence-electron chi connectivity index (χ1n) is 7.31. The molecule has 0 aliphatic carbocycles. The monoisotopic (exact) mass is 333 g/mol. The summed E-state index contributed by atoms with van der Waals surface area (Å²) in [6.07, 6.45) is 3.55. The number of hydrogen-bond donors (Lipinski definition) is 0. The van der Waals surface area contributed by atoms with Crippen LogP contribution in [0.1, 0.15) is 25.5 Å². The molecule has 5 nitrogen and oxygen atoms in total. The van der Waals surface area contributed by atoms with Crippen LogP contribution in [0.4, 0.5) is 0 Å². The van der Waals surface area contributed by atoms with Crippen molar-refractivity contribution in [2.45, 2.75) is 43.1 Å². The fourth-order valence-electron chi connectivity index (χ4n) is 2.73. The molecule has 0 bridgehead atoms. The number of sulfonamides is 1. The Morgan fingerprint density at radius 1 is 1.43 bits per heavy atom. The van der Waals surface area contributed by atoms with Crippen molar-refractivity contribution >= 4 is 21.6 Å². The van der Waals surface area contributed by atoms with Gasteiger partial charge in [0.25, 0.3) is 0 Å². The van der Waals surface area contributed by atoms with Crippen LogP contribution >= 0.6 is 11.6 Å². The number of likely N-dealkylation sites (N-methyl/N-ethyl adjacent to an activating group) is 1. The molecule has 1 saturated heterocycles. The zero-order valence-corrected chi connectivity index (χ0v) is 14.5. The van der Waals surface area contributed by atoms with Gasteiger partial charge in [-0.1, -0.05) is 6.92 Å². The summed E-state index contributed by atoms with van der Waals surface area (Å²) in [7, 11) is 0.572. The Labute approximate surface area is 132 Å². The molecule has 1 aliphatic rings. The molecule has 2 heterocycles. The van der Waals surface area contributed by atoms with E-state index in [1.54, 1.807) is 16.6 Å². The zero-order chi connectivity index (χ0) is 15.6. The van der Waals surface area contributed by atoms with E-state index in [0.717, 1.165) is 25.1 Å². The third kappa shape index (κ3) is 3.44. The second-order valence-corrected chi connectivity index (χ2v) is 7.97. The molecule has 1 unspecified atom stereocenters. The van der Waals surface area contributed by atoms with E-state index in [9.17, 15) is 8.42 Å². The molecule has 1 aliphatic heterocycles. The van der Waals surface area contributed by atoms with Crippen molar-refractivity contribution in [3.8, 4) is 0 Å². The smallest absolute Gasteiger partial charge is 0.244 e. The minimum Gasteiger partial charge on any atom is -0.349 e. The molecule has 21 heavy (non-hydrogen) atoms. The molecule has 2 rings (SSSR count). The van der Waals surface area contributed by atoms with Crippen LogP contribution in [0.25, 0.3) is 0 Å². The molecule has 1 atom stereocenters. The summed E-state index contributed by atoms with van der Waals surface area (Å²) in [4.78, 5) is 2.45. The lowest BCUT2D eigenvalue weighted by molar-refractivity contribution is 0.302. The van der Waals surface area contributed by atoms with Gasteiger partial charge in [-0.05, 0) is 33.0 Å². The maximum atomic E-state index is 12.7. The normalized spacial score (nSPS) is 20.5. The van der Waals surface area contributed by atoms with Gasteiger partial charge in [0.15, 0.2) is 0 Å². The average Bonchev–Trinajstić information content (AvgIpc) is 3.06. The Balaban J connectivity index is 2.24. The fourth-order valence-corrected chi connectivity index (χ4v) is 4.51. The third-order valence-electron chi connectivity index (χ3n) is 4.06. The summed E-state index contributed by atoms with van der Waals surface area (Å²) < 4.78 is 29.0. The van der Waals surface area contributed by atoms with Gasteiger partial charge in [0.1, 0.15) is 4.90 Å². The van der Waals surface area contributed by atoms with Gasteiger partial charge in [-0.25, -0.2) is 8.42 Å². The second-order valence-electron chi connectivity index (χ2n) is 5.76. The molecule has 0 spiro atoms. The third-order valence-corrected chi connectivity index (χ3v) is 6.16. The van der Waals surface area contributed by atoms with E-state index in [0.29, 0.717) is 29.9 Å². The van der Waals surface area contributed by atoms with Gasteiger partial charge in [0, 0.05) is 37.6 Å². The van der Waals surface area contributed by atoms with Gasteiger partial charge >= 0.3 is 0 Å². The number of rotatable bonds is 6. The van der Waals surface area contributed by atoms with Gasteiger partial charge < -0.3 is 9.47 Å². The van der Waals surface area contributed by atoms with Crippen molar-refractivity contribution < 1.29 is 8.42 Å². The molecule has 120 valence electrons. The van der Waals surface area contributed by atoms with E-state index in [4.69, 9.17) is 11.6 Å². The van der Waals surface area contributed by atoms with E-state index in [1.807, 2.05) is 18.7 Å². The summed E-state index contributed by atoms with van der Waals surface area (Å²) in [6.45, 7) is 4.00. The van der Waals surface area contributed by atoms with E-state index in [-0.39, 0.29) is 0 Å². The Hall–Kier alpha value is -0.560. The molecule has 1 aromatic heterocycles. The molecular formula is C14H24ClN3O2S. The van der Waals surface area contributed by atoms with Crippen molar-refractivity contribution in [2.75, 3.05) is 27.2 Å². The van der Waals surface area contributed by atoms with Crippen LogP contribution in [0, 0.1) is 0 Å². The molecule has 0 saturated carbocycles. The van der Waals surface area contributed by atoms with E-state index < -0.39 is 10.0 Å². The first-order chi connectivity index (χ1) is 9.90. The summed E-state index contributed by atoms with van der Waals surface area (Å²) >= 11 is 5.92. The first-order valence-corrected chi connectivity index (χ1v) is 9.29. The van der Waals surface area contributed by atoms with Crippen molar-refractivity contribution in [3.05, 3.63) is 18.0 Å². The SMILES string of the molecule is CCCn1cc(S(=O)(=O)N2CCC(N(C)C)C2)cc1CCl. The van der Waals surface area contributed by atoms with Crippen molar-refractivity contribution in [1.82, 2.24) is 13.8 Å². The van der Waals surface area contributed by atoms with E-state index in [2.05, 4.69) is 11.8 Å². The van der Waals surface area contributed by atoms with Crippen LogP contribution in [0.15, 0.2) is 17.2 Å². The number of halogens is 1. The van der Waals surface area contributed by atoms with Crippen LogP contribution in [-0.4, -0.2) is 55.4 Å². The number of hydrogen-bond acceptors (Lipinski definition) is 3. The molecular weight excluding hydrogens is 310 g/mol. The van der Waals surface area contributed by atoms with Gasteiger partial charge in [-0.3, -0.25) is 0 Å². The van der Waals surface area contributed by atoms with Gasteiger partial charge in [-0.15, -0.1) is 11.6 Å². The summed E-state index contributed by atoms with van der Waals surface area (Å²) in [5.41, 5.74) is 0.862. The summed E-state index contributed by atoms with van der Waals surface area (Å²) in [5, 5.41) is 0. The lowest BCUT2D eigenvalue weighted by atomic mass is 10.2. The van der Waals surface area contributed by atoms with Crippen molar-refractivity contribution in [2.24, 2.45) is 0 Å². The standard InChI is InChI=1S/C14H24ClN3O2S/c1-4-6-17-11-14(8-13(17)9-15)21(19,20)18-7-5-12(10-18)16(2)3/h8,11-12H,4-7,9-10H2,1-3H3. The Bertz CT molecular complexity index is 583. The Morgan fingerprint density at radius 3 is 2.67 bits per heavy atom. The molecule has 0 aromatic carbocycles. The second kappa shape index (κ2) is 6.69. The summed E-state index contributed by atoms with van der Waals surface area (Å²) in [6, 6.07) is 2.01. The molecule has 0 N–H and O–H groups in total. The largest absolute Gasteiger partial charge is 0.349 e. The van der Waals surface area contributed by atoms with Gasteiger partial charge in [0.2, 0.25) is 10.0 Å². The van der Waals surface area contributed by atoms with Crippen LogP contribution in [0.2, 0.25) is 0 Å². The number of aryl methyl sites for hydroxylation is 1. The minimum absolute atomic E-state index is 0.296. The fraction of sp³-hybridized carbons (Fsp3) is 0.714.